The molecule has 0 radical (unpaired) electrons. The Labute approximate surface area is 213 Å². The summed E-state index contributed by atoms with van der Waals surface area (Å²) in [6, 6.07) is 7.68. The summed E-state index contributed by atoms with van der Waals surface area (Å²) in [5.74, 6) is 1.72. The fraction of sp³-hybridized carbons (Fsp3) is 0.630. The fourth-order valence-corrected chi connectivity index (χ4v) is 7.60. The summed E-state index contributed by atoms with van der Waals surface area (Å²) >= 11 is 7.78. The highest BCUT2D eigenvalue weighted by Gasteiger charge is 2.42. The quantitative estimate of drug-likeness (QED) is 0.442. The lowest BCUT2D eigenvalue weighted by Crippen LogP contribution is -2.52. The highest BCUT2D eigenvalue weighted by molar-refractivity contribution is 8.04. The summed E-state index contributed by atoms with van der Waals surface area (Å²) < 4.78 is 0. The number of likely N-dealkylation sites (N-methyl/N-ethyl adjacent to an activating group) is 1. The number of hydrogen-bond donors (Lipinski definition) is 1. The molecule has 2 aliphatic heterocycles. The third-order valence-corrected chi connectivity index (χ3v) is 9.11. The van der Waals surface area contributed by atoms with Crippen LogP contribution in [-0.4, -0.2) is 66.1 Å². The third kappa shape index (κ3) is 6.38. The van der Waals surface area contributed by atoms with Gasteiger partial charge in [0.05, 0.1) is 4.91 Å². The molecule has 2 heterocycles. The SMILES string of the molecule is CC1CC(C)CN(CCCNC(=O)C2CCC3S/C(=C\c4cccc(Cl)c4)C(=O)N(C)C3C2)C1. The third-order valence-electron chi connectivity index (χ3n) is 7.47. The molecule has 1 saturated carbocycles. The van der Waals surface area contributed by atoms with E-state index in [1.165, 1.54) is 19.5 Å². The number of benzene rings is 1. The maximum absolute atomic E-state index is 13.1. The first-order chi connectivity index (χ1) is 16.3. The van der Waals surface area contributed by atoms with Gasteiger partial charge in [-0.2, -0.15) is 0 Å². The zero-order chi connectivity index (χ0) is 24.2. The molecule has 2 amide bonds. The van der Waals surface area contributed by atoms with Crippen LogP contribution in [0.5, 0.6) is 0 Å². The van der Waals surface area contributed by atoms with Gasteiger partial charge in [0.25, 0.3) is 5.91 Å². The Bertz CT molecular complexity index is 913. The van der Waals surface area contributed by atoms with Gasteiger partial charge in [-0.3, -0.25) is 9.59 Å². The zero-order valence-electron chi connectivity index (χ0n) is 20.6. The molecule has 0 spiro atoms. The van der Waals surface area contributed by atoms with Crippen LogP contribution >= 0.6 is 23.4 Å². The van der Waals surface area contributed by atoms with Crippen molar-refractivity contribution in [2.45, 2.75) is 57.2 Å². The second-order valence-electron chi connectivity index (χ2n) is 10.6. The largest absolute Gasteiger partial charge is 0.356 e. The van der Waals surface area contributed by atoms with Crippen molar-refractivity contribution in [1.82, 2.24) is 15.1 Å². The van der Waals surface area contributed by atoms with Crippen molar-refractivity contribution < 1.29 is 9.59 Å². The summed E-state index contributed by atoms with van der Waals surface area (Å²) in [6.07, 6.45) is 6.83. The molecule has 186 valence electrons. The molecule has 3 aliphatic rings. The monoisotopic (exact) mass is 503 g/mol. The van der Waals surface area contributed by atoms with Crippen molar-refractivity contribution >= 4 is 41.3 Å². The number of carbonyl (C=O) groups is 2. The number of likely N-dealkylation sites (tertiary alicyclic amines) is 1. The molecule has 1 aromatic rings. The van der Waals surface area contributed by atoms with Crippen LogP contribution in [0, 0.1) is 17.8 Å². The standard InChI is InChI=1S/C27H38ClN3O2S/c1-18-12-19(2)17-31(16-18)11-5-10-29-26(32)21-8-9-24-23(15-21)30(3)27(33)25(34-24)14-20-6-4-7-22(28)13-20/h4,6-7,13-14,18-19,21,23-24H,5,8-12,15-17H2,1-3H3,(H,29,32)/b25-14-. The van der Waals surface area contributed by atoms with Crippen molar-refractivity contribution in [1.29, 1.82) is 0 Å². The van der Waals surface area contributed by atoms with Gasteiger partial charge >= 0.3 is 0 Å². The zero-order valence-corrected chi connectivity index (χ0v) is 22.2. The van der Waals surface area contributed by atoms with E-state index in [0.29, 0.717) is 10.3 Å². The van der Waals surface area contributed by atoms with Gasteiger partial charge in [-0.25, -0.2) is 0 Å². The molecule has 4 rings (SSSR count). The molecule has 0 aromatic heterocycles. The van der Waals surface area contributed by atoms with E-state index in [1.807, 2.05) is 42.3 Å². The molecule has 5 unspecified atom stereocenters. The van der Waals surface area contributed by atoms with E-state index in [2.05, 4.69) is 24.1 Å². The molecule has 34 heavy (non-hydrogen) atoms. The maximum Gasteiger partial charge on any atom is 0.260 e. The Morgan fingerprint density at radius 3 is 2.71 bits per heavy atom. The normalized spacial score (nSPS) is 31.4. The highest BCUT2D eigenvalue weighted by Crippen LogP contribution is 2.43. The highest BCUT2D eigenvalue weighted by atomic mass is 35.5. The van der Waals surface area contributed by atoms with Crippen molar-refractivity contribution in [3.05, 3.63) is 39.8 Å². The van der Waals surface area contributed by atoms with E-state index in [9.17, 15) is 9.59 Å². The van der Waals surface area contributed by atoms with Crippen molar-refractivity contribution in [2.75, 3.05) is 33.2 Å². The fourth-order valence-electron chi connectivity index (χ4n) is 5.92. The first kappa shape index (κ1) is 25.6. The van der Waals surface area contributed by atoms with Crippen molar-refractivity contribution in [2.24, 2.45) is 17.8 Å². The average molecular weight is 504 g/mol. The van der Waals surface area contributed by atoms with Crippen LogP contribution in [0.15, 0.2) is 29.2 Å². The average Bonchev–Trinajstić information content (AvgIpc) is 2.79. The number of carbonyl (C=O) groups excluding carboxylic acids is 2. The minimum atomic E-state index is -0.00871. The van der Waals surface area contributed by atoms with E-state index >= 15 is 0 Å². The summed E-state index contributed by atoms with van der Waals surface area (Å²) in [6.45, 7) is 8.81. The minimum Gasteiger partial charge on any atom is -0.356 e. The number of halogens is 1. The Morgan fingerprint density at radius 2 is 1.97 bits per heavy atom. The molecule has 2 saturated heterocycles. The lowest BCUT2D eigenvalue weighted by molar-refractivity contribution is -0.131. The van der Waals surface area contributed by atoms with Gasteiger partial charge in [-0.05, 0) is 74.3 Å². The molecular weight excluding hydrogens is 466 g/mol. The smallest absolute Gasteiger partial charge is 0.260 e. The van der Waals surface area contributed by atoms with E-state index in [-0.39, 0.29) is 23.8 Å². The lowest BCUT2D eigenvalue weighted by Gasteiger charge is -2.44. The Kier molecular flexibility index (Phi) is 8.65. The topological polar surface area (TPSA) is 52.7 Å². The molecule has 1 aromatic carbocycles. The number of rotatable bonds is 6. The van der Waals surface area contributed by atoms with Gasteiger partial charge in [0.2, 0.25) is 5.91 Å². The van der Waals surface area contributed by atoms with Crippen LogP contribution in [-0.2, 0) is 9.59 Å². The van der Waals surface area contributed by atoms with Crippen LogP contribution in [0.2, 0.25) is 5.02 Å². The molecule has 7 heteroatoms. The van der Waals surface area contributed by atoms with Gasteiger partial charge in [-0.1, -0.05) is 37.6 Å². The molecule has 5 nitrogen and oxygen atoms in total. The van der Waals surface area contributed by atoms with Gasteiger partial charge in [-0.15, -0.1) is 11.8 Å². The second kappa shape index (κ2) is 11.5. The molecular formula is C27H38ClN3O2S. The van der Waals surface area contributed by atoms with Crippen LogP contribution in [0.1, 0.15) is 51.5 Å². The van der Waals surface area contributed by atoms with Crippen LogP contribution in [0.4, 0.5) is 0 Å². The van der Waals surface area contributed by atoms with Crippen LogP contribution in [0.3, 0.4) is 0 Å². The van der Waals surface area contributed by atoms with Gasteiger partial charge in [0.15, 0.2) is 0 Å². The van der Waals surface area contributed by atoms with Crippen LogP contribution < -0.4 is 5.32 Å². The summed E-state index contributed by atoms with van der Waals surface area (Å²) in [5, 5.41) is 4.18. The van der Waals surface area contributed by atoms with Crippen molar-refractivity contribution in [3.8, 4) is 0 Å². The lowest BCUT2D eigenvalue weighted by atomic mass is 9.83. The predicted molar refractivity (Wildman–Crippen MR) is 142 cm³/mol. The Balaban J connectivity index is 1.26. The minimum absolute atomic E-state index is 0.00871. The van der Waals surface area contributed by atoms with Gasteiger partial charge < -0.3 is 15.1 Å². The number of amides is 2. The predicted octanol–water partition coefficient (Wildman–Crippen LogP) is 4.91. The molecule has 5 atom stereocenters. The van der Waals surface area contributed by atoms with Gasteiger partial charge in [0.1, 0.15) is 0 Å². The summed E-state index contributed by atoms with van der Waals surface area (Å²) in [5.41, 5.74) is 0.941. The first-order valence-corrected chi connectivity index (χ1v) is 14.0. The number of fused-ring (bicyclic) bond motifs is 1. The molecule has 1 aliphatic carbocycles. The molecule has 0 bridgehead atoms. The van der Waals surface area contributed by atoms with Gasteiger partial charge in [0, 0.05) is 48.9 Å². The van der Waals surface area contributed by atoms with E-state index in [4.69, 9.17) is 11.6 Å². The Morgan fingerprint density at radius 1 is 1.21 bits per heavy atom. The van der Waals surface area contributed by atoms with E-state index in [1.54, 1.807) is 11.8 Å². The second-order valence-corrected chi connectivity index (χ2v) is 12.3. The molecule has 3 fully saturated rings. The van der Waals surface area contributed by atoms with E-state index in [0.717, 1.165) is 61.1 Å². The molecule has 1 N–H and O–H groups in total. The number of nitrogens with one attached hydrogen (secondary N) is 1. The first-order valence-electron chi connectivity index (χ1n) is 12.7. The van der Waals surface area contributed by atoms with Crippen LogP contribution in [0.25, 0.3) is 6.08 Å². The van der Waals surface area contributed by atoms with E-state index < -0.39 is 0 Å². The summed E-state index contributed by atoms with van der Waals surface area (Å²) in [7, 11) is 1.88. The Hall–Kier alpha value is -1.50. The number of nitrogens with zero attached hydrogens (tertiary/aromatic N) is 2. The number of hydrogen-bond acceptors (Lipinski definition) is 4. The number of piperidine rings is 1. The number of thioether (sulfide) groups is 1. The van der Waals surface area contributed by atoms with Crippen molar-refractivity contribution in [3.63, 3.8) is 0 Å². The maximum atomic E-state index is 13.1. The summed E-state index contributed by atoms with van der Waals surface area (Å²) in [4.78, 5) is 31.1.